The second kappa shape index (κ2) is 6.49. The molecule has 1 aliphatic heterocycles. The first-order valence-corrected chi connectivity index (χ1v) is 6.75. The molecule has 0 aromatic heterocycles. The highest BCUT2D eigenvalue weighted by atomic mass is 32.1. The van der Waals surface area contributed by atoms with E-state index in [2.05, 4.69) is 17.2 Å². The van der Waals surface area contributed by atoms with Crippen LogP contribution >= 0.6 is 12.2 Å². The van der Waals surface area contributed by atoms with E-state index in [1.165, 1.54) is 18.2 Å². The molecule has 0 fully saturated rings. The molecule has 110 valence electrons. The fourth-order valence-corrected chi connectivity index (χ4v) is 2.38. The first-order valence-electron chi connectivity index (χ1n) is 6.34. The van der Waals surface area contributed by atoms with E-state index in [0.29, 0.717) is 21.9 Å². The molecule has 21 heavy (non-hydrogen) atoms. The summed E-state index contributed by atoms with van der Waals surface area (Å²) in [6.45, 7) is 5.34. The number of allylic oxidation sites excluding steroid dienone is 1. The standard InChI is InChI=1S/C15H15FN2O2S/c1-3-7-20-14(19)12-9(2)17-15(21)18-13(12)10-5-4-6-11(16)8-10/h3-6,8,13H,1,7H2,2H3,(H2,17,18,21)/t13-/m1/s1. The van der Waals surface area contributed by atoms with Gasteiger partial charge in [-0.1, -0.05) is 24.8 Å². The van der Waals surface area contributed by atoms with Crippen molar-refractivity contribution < 1.29 is 13.9 Å². The molecule has 4 nitrogen and oxygen atoms in total. The van der Waals surface area contributed by atoms with Gasteiger partial charge in [-0.15, -0.1) is 0 Å². The lowest BCUT2D eigenvalue weighted by atomic mass is 9.95. The summed E-state index contributed by atoms with van der Waals surface area (Å²) in [5, 5.41) is 6.22. The zero-order valence-electron chi connectivity index (χ0n) is 11.5. The van der Waals surface area contributed by atoms with Gasteiger partial charge in [0.1, 0.15) is 12.4 Å². The van der Waals surface area contributed by atoms with E-state index in [4.69, 9.17) is 17.0 Å². The van der Waals surface area contributed by atoms with Crippen LogP contribution in [0.1, 0.15) is 18.5 Å². The normalized spacial score (nSPS) is 17.8. The Bertz CT molecular complexity index is 628. The third-order valence-electron chi connectivity index (χ3n) is 3.00. The van der Waals surface area contributed by atoms with Gasteiger partial charge < -0.3 is 15.4 Å². The summed E-state index contributed by atoms with van der Waals surface area (Å²) >= 11 is 5.10. The maximum atomic E-state index is 13.4. The van der Waals surface area contributed by atoms with Crippen molar-refractivity contribution in [2.75, 3.05) is 6.61 Å². The molecule has 0 aliphatic carbocycles. The van der Waals surface area contributed by atoms with Gasteiger partial charge in [-0.05, 0) is 36.8 Å². The summed E-state index contributed by atoms with van der Waals surface area (Å²) in [7, 11) is 0. The van der Waals surface area contributed by atoms with Crippen molar-refractivity contribution >= 4 is 23.3 Å². The summed E-state index contributed by atoms with van der Waals surface area (Å²) in [5.74, 6) is -0.876. The molecule has 0 amide bonds. The molecule has 0 unspecified atom stereocenters. The number of esters is 1. The lowest BCUT2D eigenvalue weighted by Crippen LogP contribution is -2.45. The Kier molecular flexibility index (Phi) is 4.70. The Morgan fingerprint density at radius 3 is 3.00 bits per heavy atom. The van der Waals surface area contributed by atoms with Crippen molar-refractivity contribution in [2.45, 2.75) is 13.0 Å². The van der Waals surface area contributed by atoms with Crippen LogP contribution in [0.2, 0.25) is 0 Å². The fourth-order valence-electron chi connectivity index (χ4n) is 2.11. The number of hydrogen-bond donors (Lipinski definition) is 2. The maximum Gasteiger partial charge on any atom is 0.338 e. The number of carbonyl (C=O) groups is 1. The number of halogens is 1. The third kappa shape index (κ3) is 3.46. The number of rotatable bonds is 4. The molecule has 0 spiro atoms. The van der Waals surface area contributed by atoms with Crippen LogP contribution in [0.3, 0.4) is 0 Å². The second-order valence-electron chi connectivity index (χ2n) is 4.51. The van der Waals surface area contributed by atoms with Crippen molar-refractivity contribution in [3.63, 3.8) is 0 Å². The van der Waals surface area contributed by atoms with Crippen LogP contribution in [-0.2, 0) is 9.53 Å². The molecule has 0 saturated heterocycles. The number of carbonyl (C=O) groups excluding carboxylic acids is 1. The van der Waals surface area contributed by atoms with E-state index < -0.39 is 12.0 Å². The molecular formula is C15H15FN2O2S. The van der Waals surface area contributed by atoms with E-state index in [9.17, 15) is 9.18 Å². The molecule has 2 N–H and O–H groups in total. The molecule has 0 radical (unpaired) electrons. The first kappa shape index (κ1) is 15.2. The van der Waals surface area contributed by atoms with Crippen LogP contribution in [0.25, 0.3) is 0 Å². The van der Waals surface area contributed by atoms with Gasteiger partial charge >= 0.3 is 5.97 Å². The average molecular weight is 306 g/mol. The van der Waals surface area contributed by atoms with E-state index in [0.717, 1.165) is 0 Å². The SMILES string of the molecule is C=CCOC(=O)C1=C(C)NC(=S)N[C@@H]1c1cccc(F)c1. The summed E-state index contributed by atoms with van der Waals surface area (Å²) in [5.41, 5.74) is 1.56. The maximum absolute atomic E-state index is 13.4. The van der Waals surface area contributed by atoms with E-state index in [1.54, 1.807) is 19.1 Å². The molecule has 1 atom stereocenters. The van der Waals surface area contributed by atoms with E-state index in [-0.39, 0.29) is 12.4 Å². The first-order chi connectivity index (χ1) is 10.0. The van der Waals surface area contributed by atoms with Gasteiger partial charge in [0.15, 0.2) is 5.11 Å². The van der Waals surface area contributed by atoms with Gasteiger partial charge in [-0.2, -0.15) is 0 Å². The zero-order valence-corrected chi connectivity index (χ0v) is 12.3. The highest BCUT2D eigenvalue weighted by molar-refractivity contribution is 7.80. The Balaban J connectivity index is 2.40. The topological polar surface area (TPSA) is 50.4 Å². The number of ether oxygens (including phenoxy) is 1. The molecule has 6 heteroatoms. The molecule has 1 heterocycles. The quantitative estimate of drug-likeness (QED) is 0.508. The smallest absolute Gasteiger partial charge is 0.338 e. The van der Waals surface area contributed by atoms with Crippen LogP contribution in [0.5, 0.6) is 0 Å². The largest absolute Gasteiger partial charge is 0.458 e. The molecule has 2 rings (SSSR count). The second-order valence-corrected chi connectivity index (χ2v) is 4.92. The van der Waals surface area contributed by atoms with E-state index >= 15 is 0 Å². The minimum Gasteiger partial charge on any atom is -0.458 e. The molecule has 1 aromatic carbocycles. The van der Waals surface area contributed by atoms with Crippen molar-refractivity contribution in [3.8, 4) is 0 Å². The lowest BCUT2D eigenvalue weighted by Gasteiger charge is -2.29. The monoisotopic (exact) mass is 306 g/mol. The van der Waals surface area contributed by atoms with Crippen LogP contribution in [0.15, 0.2) is 48.2 Å². The molecular weight excluding hydrogens is 291 g/mol. The van der Waals surface area contributed by atoms with Crippen molar-refractivity contribution in [2.24, 2.45) is 0 Å². The Morgan fingerprint density at radius 1 is 1.57 bits per heavy atom. The van der Waals surface area contributed by atoms with Gasteiger partial charge in [0, 0.05) is 5.70 Å². The van der Waals surface area contributed by atoms with Gasteiger partial charge in [0.2, 0.25) is 0 Å². The van der Waals surface area contributed by atoms with Crippen molar-refractivity contribution in [3.05, 3.63) is 59.6 Å². The number of thiocarbonyl (C=S) groups is 1. The highest BCUT2D eigenvalue weighted by Crippen LogP contribution is 2.27. The van der Waals surface area contributed by atoms with Crippen LogP contribution in [0, 0.1) is 5.82 Å². The molecule has 0 saturated carbocycles. The highest BCUT2D eigenvalue weighted by Gasteiger charge is 2.30. The third-order valence-corrected chi connectivity index (χ3v) is 3.22. The molecule has 1 aromatic rings. The predicted molar refractivity (Wildman–Crippen MR) is 81.9 cm³/mol. The molecule has 1 aliphatic rings. The average Bonchev–Trinajstić information content (AvgIpc) is 2.44. The molecule has 0 bridgehead atoms. The number of nitrogens with one attached hydrogen (secondary N) is 2. The number of benzene rings is 1. The summed E-state index contributed by atoms with van der Waals surface area (Å²) in [6.07, 6.45) is 1.49. The Morgan fingerprint density at radius 2 is 2.33 bits per heavy atom. The summed E-state index contributed by atoms with van der Waals surface area (Å²) < 4.78 is 18.5. The minimum atomic E-state index is -0.549. The minimum absolute atomic E-state index is 0.107. The Hall–Kier alpha value is -2.21. The summed E-state index contributed by atoms with van der Waals surface area (Å²) in [6, 6.07) is 5.46. The van der Waals surface area contributed by atoms with Crippen molar-refractivity contribution in [1.29, 1.82) is 0 Å². The van der Waals surface area contributed by atoms with Crippen molar-refractivity contribution in [1.82, 2.24) is 10.6 Å². The predicted octanol–water partition coefficient (Wildman–Crippen LogP) is 2.35. The van der Waals surface area contributed by atoms with Gasteiger partial charge in [-0.3, -0.25) is 0 Å². The Labute approximate surface area is 127 Å². The van der Waals surface area contributed by atoms with Crippen LogP contribution in [0.4, 0.5) is 4.39 Å². The van der Waals surface area contributed by atoms with Gasteiger partial charge in [0.25, 0.3) is 0 Å². The zero-order chi connectivity index (χ0) is 15.4. The summed E-state index contributed by atoms with van der Waals surface area (Å²) in [4.78, 5) is 12.2. The van der Waals surface area contributed by atoms with Gasteiger partial charge in [0.05, 0.1) is 11.6 Å². The lowest BCUT2D eigenvalue weighted by molar-refractivity contribution is -0.138. The number of hydrogen-bond acceptors (Lipinski definition) is 3. The van der Waals surface area contributed by atoms with Crippen LogP contribution < -0.4 is 10.6 Å². The van der Waals surface area contributed by atoms with Gasteiger partial charge in [-0.25, -0.2) is 9.18 Å². The van der Waals surface area contributed by atoms with Crippen LogP contribution in [-0.4, -0.2) is 17.7 Å². The fraction of sp³-hybridized carbons (Fsp3) is 0.200. The van der Waals surface area contributed by atoms with E-state index in [1.807, 2.05) is 0 Å².